The second-order valence-corrected chi connectivity index (χ2v) is 5.21. The monoisotopic (exact) mass is 304 g/mol. The molecule has 6 heteroatoms. The molecule has 0 aliphatic carbocycles. The lowest BCUT2D eigenvalue weighted by Crippen LogP contribution is -2.37. The molecule has 0 saturated carbocycles. The van der Waals surface area contributed by atoms with Crippen molar-refractivity contribution in [2.75, 3.05) is 19.7 Å². The van der Waals surface area contributed by atoms with Gasteiger partial charge in [-0.2, -0.15) is 0 Å². The van der Waals surface area contributed by atoms with Gasteiger partial charge in [0.2, 0.25) is 0 Å². The van der Waals surface area contributed by atoms with Crippen LogP contribution in [0.25, 0.3) is 5.65 Å². The number of pyridine rings is 1. The number of carbonyl (C=O) groups excluding carboxylic acids is 1. The van der Waals surface area contributed by atoms with Crippen LogP contribution in [0.3, 0.4) is 0 Å². The van der Waals surface area contributed by atoms with Crippen LogP contribution in [-0.2, 0) is 0 Å². The van der Waals surface area contributed by atoms with Gasteiger partial charge in [-0.05, 0) is 38.9 Å². The first kappa shape index (κ1) is 16.3. The lowest BCUT2D eigenvalue weighted by atomic mass is 10.2. The Balaban J connectivity index is 0.00000176. The molecule has 1 fully saturated rings. The average Bonchev–Trinajstić information content (AvgIpc) is 3.06. The highest BCUT2D eigenvalue weighted by atomic mass is 16.5. The third-order valence-corrected chi connectivity index (χ3v) is 3.70. The van der Waals surface area contributed by atoms with E-state index in [4.69, 9.17) is 4.74 Å². The zero-order chi connectivity index (χ0) is 14.8. The van der Waals surface area contributed by atoms with Crippen LogP contribution in [0.4, 0.5) is 0 Å². The molecule has 2 aromatic rings. The van der Waals surface area contributed by atoms with E-state index in [2.05, 4.69) is 15.6 Å². The number of rotatable bonds is 4. The van der Waals surface area contributed by atoms with Crippen LogP contribution in [0.2, 0.25) is 0 Å². The number of fused-ring (bicyclic) bond motifs is 1. The van der Waals surface area contributed by atoms with Gasteiger partial charge in [0.25, 0.3) is 5.91 Å². The largest absolute Gasteiger partial charge is 0.490 e. The minimum absolute atomic E-state index is 0. The second kappa shape index (κ2) is 6.79. The molecule has 1 aliphatic heterocycles. The SMILES string of the molecule is C.CCOc1cccn2c(C(=O)N[C@@H]3CCNC3)c(C)nc12. The van der Waals surface area contributed by atoms with E-state index in [9.17, 15) is 4.79 Å². The molecule has 3 heterocycles. The van der Waals surface area contributed by atoms with Gasteiger partial charge >= 0.3 is 0 Å². The van der Waals surface area contributed by atoms with Gasteiger partial charge in [-0.1, -0.05) is 7.43 Å². The van der Waals surface area contributed by atoms with Gasteiger partial charge in [0, 0.05) is 18.8 Å². The second-order valence-electron chi connectivity index (χ2n) is 5.21. The molecule has 3 rings (SSSR count). The number of aryl methyl sites for hydroxylation is 1. The van der Waals surface area contributed by atoms with E-state index in [1.807, 2.05) is 32.2 Å². The molecule has 0 radical (unpaired) electrons. The van der Waals surface area contributed by atoms with Gasteiger partial charge in [-0.25, -0.2) is 4.98 Å². The number of amides is 1. The first-order chi connectivity index (χ1) is 10.2. The quantitative estimate of drug-likeness (QED) is 0.903. The molecule has 1 atom stereocenters. The van der Waals surface area contributed by atoms with Gasteiger partial charge in [0.15, 0.2) is 11.4 Å². The summed E-state index contributed by atoms with van der Waals surface area (Å²) in [6.45, 7) is 6.13. The maximum absolute atomic E-state index is 12.5. The summed E-state index contributed by atoms with van der Waals surface area (Å²) in [5, 5.41) is 6.31. The standard InChI is InChI=1S/C15H20N4O2.CH4/c1-3-21-12-5-4-8-19-13(10(2)17-14(12)19)15(20)18-11-6-7-16-9-11;/h4-5,8,11,16H,3,6-7,9H2,1-2H3,(H,18,20);1H4/t11-;/m1./s1. The highest BCUT2D eigenvalue weighted by Gasteiger charge is 2.22. The molecule has 0 unspecified atom stereocenters. The van der Waals surface area contributed by atoms with Crippen LogP contribution in [-0.4, -0.2) is 41.0 Å². The number of aromatic nitrogens is 2. The van der Waals surface area contributed by atoms with Crippen LogP contribution in [0.5, 0.6) is 5.75 Å². The molecule has 1 amide bonds. The summed E-state index contributed by atoms with van der Waals surface area (Å²) >= 11 is 0. The number of nitrogens with one attached hydrogen (secondary N) is 2. The van der Waals surface area contributed by atoms with Crippen molar-refractivity contribution in [3.8, 4) is 5.75 Å². The Morgan fingerprint density at radius 1 is 1.59 bits per heavy atom. The summed E-state index contributed by atoms with van der Waals surface area (Å²) in [5.41, 5.74) is 1.98. The molecule has 1 saturated heterocycles. The van der Waals surface area contributed by atoms with E-state index >= 15 is 0 Å². The van der Waals surface area contributed by atoms with E-state index in [1.54, 1.807) is 4.40 Å². The van der Waals surface area contributed by atoms with Crippen LogP contribution in [0.1, 0.15) is 37.0 Å². The first-order valence-corrected chi connectivity index (χ1v) is 7.32. The lowest BCUT2D eigenvalue weighted by Gasteiger charge is -2.11. The van der Waals surface area contributed by atoms with Gasteiger partial charge in [-0.15, -0.1) is 0 Å². The summed E-state index contributed by atoms with van der Waals surface area (Å²) < 4.78 is 7.38. The Morgan fingerprint density at radius 3 is 3.09 bits per heavy atom. The highest BCUT2D eigenvalue weighted by Crippen LogP contribution is 2.22. The van der Waals surface area contributed by atoms with Crippen molar-refractivity contribution in [1.82, 2.24) is 20.0 Å². The smallest absolute Gasteiger partial charge is 0.270 e. The molecule has 6 nitrogen and oxygen atoms in total. The van der Waals surface area contributed by atoms with Crippen LogP contribution in [0, 0.1) is 6.92 Å². The first-order valence-electron chi connectivity index (χ1n) is 7.32. The Hall–Kier alpha value is -2.08. The predicted octanol–water partition coefficient (Wildman–Crippen LogP) is 1.77. The van der Waals surface area contributed by atoms with Crippen molar-refractivity contribution in [2.45, 2.75) is 33.7 Å². The minimum Gasteiger partial charge on any atom is -0.490 e. The molecular weight excluding hydrogens is 280 g/mol. The van der Waals surface area contributed by atoms with Crippen molar-refractivity contribution < 1.29 is 9.53 Å². The van der Waals surface area contributed by atoms with Crippen molar-refractivity contribution in [2.24, 2.45) is 0 Å². The van der Waals surface area contributed by atoms with Gasteiger partial charge < -0.3 is 15.4 Å². The van der Waals surface area contributed by atoms with Crippen molar-refractivity contribution in [3.63, 3.8) is 0 Å². The summed E-state index contributed by atoms with van der Waals surface area (Å²) in [4.78, 5) is 17.0. The Labute approximate surface area is 130 Å². The molecule has 2 N–H and O–H groups in total. The van der Waals surface area contributed by atoms with Crippen LogP contribution in [0.15, 0.2) is 18.3 Å². The van der Waals surface area contributed by atoms with Crippen molar-refractivity contribution >= 4 is 11.6 Å². The van der Waals surface area contributed by atoms with Crippen LogP contribution >= 0.6 is 0 Å². The summed E-state index contributed by atoms with van der Waals surface area (Å²) in [7, 11) is 0. The van der Waals surface area contributed by atoms with E-state index in [1.165, 1.54) is 0 Å². The van der Waals surface area contributed by atoms with Crippen LogP contribution < -0.4 is 15.4 Å². The molecule has 0 spiro atoms. The number of hydrogen-bond donors (Lipinski definition) is 2. The lowest BCUT2D eigenvalue weighted by molar-refractivity contribution is 0.0933. The van der Waals surface area contributed by atoms with E-state index in [-0.39, 0.29) is 19.4 Å². The minimum atomic E-state index is -0.0812. The van der Waals surface area contributed by atoms with E-state index < -0.39 is 0 Å². The predicted molar refractivity (Wildman–Crippen MR) is 86.6 cm³/mol. The highest BCUT2D eigenvalue weighted by molar-refractivity contribution is 5.95. The number of carbonyl (C=O) groups is 1. The third-order valence-electron chi connectivity index (χ3n) is 3.70. The molecule has 1 aliphatic rings. The maximum Gasteiger partial charge on any atom is 0.270 e. The Morgan fingerprint density at radius 2 is 2.41 bits per heavy atom. The fourth-order valence-corrected chi connectivity index (χ4v) is 2.73. The van der Waals surface area contributed by atoms with Gasteiger partial charge in [0.1, 0.15) is 5.69 Å². The fourth-order valence-electron chi connectivity index (χ4n) is 2.73. The Kier molecular flexibility index (Phi) is 5.03. The normalized spacial score (nSPS) is 17.3. The van der Waals surface area contributed by atoms with E-state index in [0.29, 0.717) is 29.4 Å². The number of nitrogens with zero attached hydrogens (tertiary/aromatic N) is 2. The summed E-state index contributed by atoms with van der Waals surface area (Å²) in [6.07, 6.45) is 2.81. The number of hydrogen-bond acceptors (Lipinski definition) is 4. The molecule has 0 bridgehead atoms. The Bertz CT molecular complexity index is 659. The number of imidazole rings is 1. The van der Waals surface area contributed by atoms with Crippen molar-refractivity contribution in [3.05, 3.63) is 29.7 Å². The molecular formula is C16H24N4O2. The van der Waals surface area contributed by atoms with E-state index in [0.717, 1.165) is 19.5 Å². The third kappa shape index (κ3) is 2.92. The topological polar surface area (TPSA) is 67.7 Å². The molecule has 2 aromatic heterocycles. The summed E-state index contributed by atoms with van der Waals surface area (Å²) in [6, 6.07) is 3.93. The average molecular weight is 304 g/mol. The fraction of sp³-hybridized carbons (Fsp3) is 0.500. The van der Waals surface area contributed by atoms with Gasteiger partial charge in [-0.3, -0.25) is 9.20 Å². The molecule has 120 valence electrons. The zero-order valence-corrected chi connectivity index (χ0v) is 12.3. The zero-order valence-electron chi connectivity index (χ0n) is 12.3. The van der Waals surface area contributed by atoms with Crippen molar-refractivity contribution in [1.29, 1.82) is 0 Å². The maximum atomic E-state index is 12.5. The molecule has 0 aromatic carbocycles. The molecule has 22 heavy (non-hydrogen) atoms. The van der Waals surface area contributed by atoms with Gasteiger partial charge in [0.05, 0.1) is 12.3 Å². The summed E-state index contributed by atoms with van der Waals surface area (Å²) in [5.74, 6) is 0.618. The number of ether oxygens (including phenoxy) is 1.